The van der Waals surface area contributed by atoms with Crippen molar-refractivity contribution in [3.05, 3.63) is 0 Å². The first-order valence-electron chi connectivity index (χ1n) is 3.02. The maximum Gasteiger partial charge on any atom is 1.00 e. The zero-order chi connectivity index (χ0) is 7.98. The van der Waals surface area contributed by atoms with Gasteiger partial charge in [-0.15, -0.1) is 0 Å². The molecule has 0 bridgehead atoms. The Bertz CT molecular complexity index is 135. The van der Waals surface area contributed by atoms with E-state index in [9.17, 15) is 14.7 Å². The number of ether oxygens (including phenoxy) is 1. The van der Waals surface area contributed by atoms with Gasteiger partial charge in [-0.1, -0.05) is 6.92 Å². The number of aliphatic carboxylic acids is 1. The van der Waals surface area contributed by atoms with Crippen LogP contribution in [-0.4, -0.2) is 18.5 Å². The summed E-state index contributed by atoms with van der Waals surface area (Å²) in [7, 11) is 0. The molecule has 0 aliphatic heterocycles. The van der Waals surface area contributed by atoms with Gasteiger partial charge in [0.05, 0.1) is 19.0 Å². The quantitative estimate of drug-likeness (QED) is 0.254. The maximum atomic E-state index is 10.4. The molecule has 0 saturated carbocycles. The fraction of sp³-hybridized carbons (Fsp3) is 0.667. The molecule has 11 heavy (non-hydrogen) atoms. The molecule has 0 saturated heterocycles. The van der Waals surface area contributed by atoms with Crippen molar-refractivity contribution in [2.75, 3.05) is 6.61 Å². The topological polar surface area (TPSA) is 66.4 Å². The Morgan fingerprint density at radius 3 is 2.36 bits per heavy atom. The minimum absolute atomic E-state index is 0. The van der Waals surface area contributed by atoms with Crippen LogP contribution in [0.1, 0.15) is 19.8 Å². The Labute approximate surface area is 108 Å². The Morgan fingerprint density at radius 1 is 1.45 bits per heavy atom. The van der Waals surface area contributed by atoms with Crippen molar-refractivity contribution in [2.24, 2.45) is 0 Å². The van der Waals surface area contributed by atoms with Crippen molar-refractivity contribution >= 4 is 11.9 Å². The summed E-state index contributed by atoms with van der Waals surface area (Å²) in [5, 5.41) is 9.76. The molecule has 0 atom stereocenters. The van der Waals surface area contributed by atoms with Gasteiger partial charge in [0.2, 0.25) is 0 Å². The number of carbonyl (C=O) groups excluding carboxylic acids is 2. The molecule has 0 rings (SSSR count). The summed E-state index contributed by atoms with van der Waals surface area (Å²) in [6.07, 6.45) is 0.0405. The zero-order valence-electron chi connectivity index (χ0n) is 6.75. The van der Waals surface area contributed by atoms with Crippen LogP contribution in [0.25, 0.3) is 0 Å². The first-order chi connectivity index (χ1) is 4.66. The summed E-state index contributed by atoms with van der Waals surface area (Å²) in [6.45, 7) is 2.10. The minimum Gasteiger partial charge on any atom is -0.550 e. The van der Waals surface area contributed by atoms with Gasteiger partial charge in [-0.2, -0.15) is 0 Å². The molecule has 0 amide bonds. The number of carboxylic acid groups (broad SMARTS) is 1. The number of rotatable bonds is 4. The van der Waals surface area contributed by atoms with Crippen LogP contribution in [-0.2, 0) is 14.3 Å². The number of carboxylic acids is 1. The Kier molecular flexibility index (Phi) is 11.1. The van der Waals surface area contributed by atoms with E-state index in [4.69, 9.17) is 0 Å². The molecule has 0 unspecified atom stereocenters. The van der Waals surface area contributed by atoms with Gasteiger partial charge in [0.25, 0.3) is 0 Å². The van der Waals surface area contributed by atoms with Crippen molar-refractivity contribution in [1.29, 1.82) is 0 Å². The summed E-state index contributed by atoms with van der Waals surface area (Å²) < 4.78 is 4.44. The maximum absolute atomic E-state index is 10.4. The molecule has 4 nitrogen and oxygen atoms in total. The molecule has 0 spiro atoms. The number of hydrogen-bond donors (Lipinski definition) is 0. The second-order valence-electron chi connectivity index (χ2n) is 1.77. The van der Waals surface area contributed by atoms with Crippen molar-refractivity contribution in [3.63, 3.8) is 0 Å². The SMILES string of the molecule is CCCOC(=O)CC(=O)[O-].[K+]. The average Bonchev–Trinajstić information content (AvgIpc) is 1.82. The number of esters is 1. The monoisotopic (exact) mass is 184 g/mol. The normalized spacial score (nSPS) is 8.09. The van der Waals surface area contributed by atoms with E-state index in [1.807, 2.05) is 6.92 Å². The van der Waals surface area contributed by atoms with Crippen molar-refractivity contribution < 1.29 is 70.8 Å². The van der Waals surface area contributed by atoms with E-state index < -0.39 is 18.4 Å². The molecule has 0 aromatic rings. The van der Waals surface area contributed by atoms with Crippen LogP contribution in [0.5, 0.6) is 0 Å². The summed E-state index contributed by atoms with van der Waals surface area (Å²) in [4.78, 5) is 20.1. The largest absolute Gasteiger partial charge is 1.00 e. The van der Waals surface area contributed by atoms with E-state index in [1.165, 1.54) is 0 Å². The molecule has 5 heteroatoms. The van der Waals surface area contributed by atoms with Crippen LogP contribution < -0.4 is 56.5 Å². The van der Waals surface area contributed by atoms with Crippen molar-refractivity contribution in [3.8, 4) is 0 Å². The molecule has 0 aliphatic carbocycles. The minimum atomic E-state index is -1.40. The summed E-state index contributed by atoms with van der Waals surface area (Å²) in [5.41, 5.74) is 0. The third kappa shape index (κ3) is 10.6. The van der Waals surface area contributed by atoms with Crippen LogP contribution in [0.4, 0.5) is 0 Å². The Morgan fingerprint density at radius 2 is 2.00 bits per heavy atom. The first-order valence-corrected chi connectivity index (χ1v) is 3.02. The summed E-state index contributed by atoms with van der Waals surface area (Å²) in [5.74, 6) is -2.14. The van der Waals surface area contributed by atoms with Gasteiger partial charge in [0.1, 0.15) is 0 Å². The van der Waals surface area contributed by atoms with E-state index >= 15 is 0 Å². The third-order valence-corrected chi connectivity index (χ3v) is 0.756. The fourth-order valence-corrected chi connectivity index (χ4v) is 0.385. The van der Waals surface area contributed by atoms with Crippen molar-refractivity contribution in [2.45, 2.75) is 19.8 Å². The van der Waals surface area contributed by atoms with Gasteiger partial charge >= 0.3 is 57.4 Å². The summed E-state index contributed by atoms with van der Waals surface area (Å²) >= 11 is 0. The fourth-order valence-electron chi connectivity index (χ4n) is 0.385. The first kappa shape index (κ1) is 14.1. The van der Waals surface area contributed by atoms with Gasteiger partial charge in [-0.25, -0.2) is 0 Å². The van der Waals surface area contributed by atoms with E-state index in [0.717, 1.165) is 0 Å². The molecule has 0 heterocycles. The van der Waals surface area contributed by atoms with Crippen LogP contribution >= 0.6 is 0 Å². The molecule has 0 aromatic carbocycles. The van der Waals surface area contributed by atoms with Crippen LogP contribution in [0.2, 0.25) is 0 Å². The third-order valence-electron chi connectivity index (χ3n) is 0.756. The molecule has 0 aliphatic rings. The van der Waals surface area contributed by atoms with Gasteiger partial charge in [-0.05, 0) is 6.42 Å². The molecule has 0 fully saturated rings. The predicted octanol–water partition coefficient (Wildman–Crippen LogP) is -3.92. The van der Waals surface area contributed by atoms with E-state index in [0.29, 0.717) is 6.42 Å². The standard InChI is InChI=1S/C6H10O4.K/c1-2-3-10-6(9)4-5(7)8;/h2-4H2,1H3,(H,7,8);/q;+1/p-1. The van der Waals surface area contributed by atoms with Crippen LogP contribution in [0.3, 0.4) is 0 Å². The van der Waals surface area contributed by atoms with E-state index in [1.54, 1.807) is 0 Å². The molecule has 0 radical (unpaired) electrons. The second kappa shape index (κ2) is 8.67. The van der Waals surface area contributed by atoms with Crippen molar-refractivity contribution in [1.82, 2.24) is 0 Å². The molecular weight excluding hydrogens is 175 g/mol. The molecular formula is C6H9KO4. The molecule has 0 aromatic heterocycles. The Hall–Kier alpha value is 0.576. The van der Waals surface area contributed by atoms with E-state index in [-0.39, 0.29) is 58.0 Å². The predicted molar refractivity (Wildman–Crippen MR) is 30.9 cm³/mol. The van der Waals surface area contributed by atoms with Gasteiger partial charge in [-0.3, -0.25) is 4.79 Å². The van der Waals surface area contributed by atoms with E-state index in [2.05, 4.69) is 4.74 Å². The van der Waals surface area contributed by atoms with Gasteiger partial charge in [0, 0.05) is 0 Å². The summed E-state index contributed by atoms with van der Waals surface area (Å²) in [6, 6.07) is 0. The zero-order valence-corrected chi connectivity index (χ0v) is 9.88. The molecule has 0 N–H and O–H groups in total. The number of carbonyl (C=O) groups is 2. The number of hydrogen-bond acceptors (Lipinski definition) is 4. The van der Waals surface area contributed by atoms with Crippen LogP contribution in [0, 0.1) is 0 Å². The molecule has 58 valence electrons. The average molecular weight is 184 g/mol. The van der Waals surface area contributed by atoms with Gasteiger partial charge in [0.15, 0.2) is 0 Å². The second-order valence-corrected chi connectivity index (χ2v) is 1.77. The van der Waals surface area contributed by atoms with Crippen LogP contribution in [0.15, 0.2) is 0 Å². The van der Waals surface area contributed by atoms with Gasteiger partial charge < -0.3 is 14.6 Å². The Balaban J connectivity index is 0. The smallest absolute Gasteiger partial charge is 0.550 e.